The van der Waals surface area contributed by atoms with E-state index in [1.807, 2.05) is 30.5 Å². The van der Waals surface area contributed by atoms with Gasteiger partial charge < -0.3 is 10.6 Å². The van der Waals surface area contributed by atoms with Gasteiger partial charge in [0.25, 0.3) is 0 Å². The highest BCUT2D eigenvalue weighted by molar-refractivity contribution is 5.88. The highest BCUT2D eigenvalue weighted by Gasteiger charge is 2.07. The van der Waals surface area contributed by atoms with Crippen LogP contribution in [-0.2, 0) is 11.3 Å². The number of benzene rings is 1. The molecule has 0 saturated heterocycles. The van der Waals surface area contributed by atoms with Gasteiger partial charge in [0.1, 0.15) is 0 Å². The topological polar surface area (TPSA) is 54.0 Å². The Balaban J connectivity index is 2.01. The molecule has 0 fully saturated rings. The van der Waals surface area contributed by atoms with Gasteiger partial charge in [-0.3, -0.25) is 9.78 Å². The van der Waals surface area contributed by atoms with E-state index in [1.54, 1.807) is 6.20 Å². The first kappa shape index (κ1) is 15.2. The Kier molecular flexibility index (Phi) is 5.06. The number of anilines is 1. The fourth-order valence-corrected chi connectivity index (χ4v) is 2.15. The molecule has 4 nitrogen and oxygen atoms in total. The third kappa shape index (κ3) is 4.39. The highest BCUT2D eigenvalue weighted by atomic mass is 16.1. The number of nitrogens with zero attached hydrogens (tertiary/aromatic N) is 1. The first-order chi connectivity index (χ1) is 10.1. The van der Waals surface area contributed by atoms with Crippen molar-refractivity contribution in [1.29, 1.82) is 0 Å². The van der Waals surface area contributed by atoms with Gasteiger partial charge in [0.15, 0.2) is 0 Å². The lowest BCUT2D eigenvalue weighted by atomic mass is 10.1. The predicted molar refractivity (Wildman–Crippen MR) is 85.0 cm³/mol. The maximum Gasteiger partial charge on any atom is 0.221 e. The van der Waals surface area contributed by atoms with Gasteiger partial charge in [0, 0.05) is 37.6 Å². The second-order valence-electron chi connectivity index (χ2n) is 5.21. The van der Waals surface area contributed by atoms with E-state index in [0.717, 1.165) is 17.8 Å². The third-order valence-corrected chi connectivity index (χ3v) is 3.45. The van der Waals surface area contributed by atoms with Gasteiger partial charge in [-0.15, -0.1) is 0 Å². The van der Waals surface area contributed by atoms with Crippen LogP contribution >= 0.6 is 0 Å². The van der Waals surface area contributed by atoms with E-state index in [-0.39, 0.29) is 11.9 Å². The maximum absolute atomic E-state index is 11.1. The number of amides is 1. The van der Waals surface area contributed by atoms with Crippen molar-refractivity contribution in [2.24, 2.45) is 0 Å². The molecule has 0 bridgehead atoms. The Bertz CT molecular complexity index is 625. The van der Waals surface area contributed by atoms with E-state index in [2.05, 4.69) is 35.5 Å². The average Bonchev–Trinajstić information content (AvgIpc) is 2.45. The van der Waals surface area contributed by atoms with Crippen molar-refractivity contribution in [3.05, 3.63) is 59.4 Å². The van der Waals surface area contributed by atoms with Gasteiger partial charge in [-0.25, -0.2) is 0 Å². The van der Waals surface area contributed by atoms with Crippen LogP contribution in [0.3, 0.4) is 0 Å². The summed E-state index contributed by atoms with van der Waals surface area (Å²) in [5, 5.41) is 6.29. The van der Waals surface area contributed by atoms with Gasteiger partial charge in [-0.2, -0.15) is 0 Å². The van der Waals surface area contributed by atoms with Crippen LogP contribution in [-0.4, -0.2) is 10.9 Å². The first-order valence-corrected chi connectivity index (χ1v) is 7.06. The molecule has 2 N–H and O–H groups in total. The molecule has 4 heteroatoms. The lowest BCUT2D eigenvalue weighted by Gasteiger charge is -2.16. The quantitative estimate of drug-likeness (QED) is 0.886. The number of aryl methyl sites for hydroxylation is 1. The van der Waals surface area contributed by atoms with E-state index in [1.165, 1.54) is 18.1 Å². The SMILES string of the molecule is CC(=O)Nc1cccc(C(C)NCc2cnccc2C)c1. The van der Waals surface area contributed by atoms with E-state index < -0.39 is 0 Å². The van der Waals surface area contributed by atoms with E-state index in [9.17, 15) is 4.79 Å². The molecule has 0 aliphatic carbocycles. The van der Waals surface area contributed by atoms with Crippen LogP contribution in [0.4, 0.5) is 5.69 Å². The van der Waals surface area contributed by atoms with Crippen LogP contribution in [0.2, 0.25) is 0 Å². The maximum atomic E-state index is 11.1. The van der Waals surface area contributed by atoms with E-state index in [4.69, 9.17) is 0 Å². The number of aromatic nitrogens is 1. The number of hydrogen-bond donors (Lipinski definition) is 2. The highest BCUT2D eigenvalue weighted by Crippen LogP contribution is 2.18. The summed E-state index contributed by atoms with van der Waals surface area (Å²) in [4.78, 5) is 15.3. The summed E-state index contributed by atoms with van der Waals surface area (Å²) in [6, 6.07) is 10.1. The van der Waals surface area contributed by atoms with Crippen molar-refractivity contribution in [3.63, 3.8) is 0 Å². The Morgan fingerprint density at radius 2 is 2.14 bits per heavy atom. The number of rotatable bonds is 5. The minimum absolute atomic E-state index is 0.0567. The summed E-state index contributed by atoms with van der Waals surface area (Å²) >= 11 is 0. The van der Waals surface area contributed by atoms with E-state index >= 15 is 0 Å². The summed E-state index contributed by atoms with van der Waals surface area (Å²) in [5.41, 5.74) is 4.40. The molecule has 0 saturated carbocycles. The van der Waals surface area contributed by atoms with Gasteiger partial charge in [-0.05, 0) is 48.7 Å². The lowest BCUT2D eigenvalue weighted by Crippen LogP contribution is -2.19. The van der Waals surface area contributed by atoms with Crippen LogP contribution < -0.4 is 10.6 Å². The largest absolute Gasteiger partial charge is 0.326 e. The minimum atomic E-state index is -0.0567. The molecular weight excluding hydrogens is 262 g/mol. The average molecular weight is 283 g/mol. The standard InChI is InChI=1S/C17H21N3O/c1-12-7-8-18-10-16(12)11-19-13(2)15-5-4-6-17(9-15)20-14(3)21/h4-10,13,19H,11H2,1-3H3,(H,20,21). The van der Waals surface area contributed by atoms with Gasteiger partial charge >= 0.3 is 0 Å². The normalized spacial score (nSPS) is 12.0. The predicted octanol–water partition coefficient (Wildman–Crippen LogP) is 3.20. The van der Waals surface area contributed by atoms with Crippen molar-refractivity contribution >= 4 is 11.6 Å². The number of pyridine rings is 1. The molecule has 2 rings (SSSR count). The molecule has 0 radical (unpaired) electrons. The molecule has 0 aliphatic rings. The number of hydrogen-bond acceptors (Lipinski definition) is 3. The van der Waals surface area contributed by atoms with Crippen LogP contribution in [0.15, 0.2) is 42.7 Å². The Hall–Kier alpha value is -2.20. The Morgan fingerprint density at radius 3 is 2.86 bits per heavy atom. The van der Waals surface area contributed by atoms with Gasteiger partial charge in [-0.1, -0.05) is 12.1 Å². The second kappa shape index (κ2) is 6.99. The van der Waals surface area contributed by atoms with Crippen LogP contribution in [0, 0.1) is 6.92 Å². The summed E-state index contributed by atoms with van der Waals surface area (Å²) in [6.07, 6.45) is 3.70. The molecule has 1 aromatic heterocycles. The van der Waals surface area contributed by atoms with Crippen molar-refractivity contribution < 1.29 is 4.79 Å². The molecule has 1 amide bonds. The smallest absolute Gasteiger partial charge is 0.221 e. The number of nitrogens with one attached hydrogen (secondary N) is 2. The molecule has 110 valence electrons. The monoisotopic (exact) mass is 283 g/mol. The van der Waals surface area contributed by atoms with Crippen molar-refractivity contribution in [3.8, 4) is 0 Å². The van der Waals surface area contributed by atoms with Gasteiger partial charge in [0.05, 0.1) is 0 Å². The molecule has 1 atom stereocenters. The number of carbonyl (C=O) groups is 1. The first-order valence-electron chi connectivity index (χ1n) is 7.06. The molecule has 1 unspecified atom stereocenters. The van der Waals surface area contributed by atoms with Crippen LogP contribution in [0.5, 0.6) is 0 Å². The Labute approximate surface area is 125 Å². The zero-order valence-corrected chi connectivity index (χ0v) is 12.7. The minimum Gasteiger partial charge on any atom is -0.326 e. The van der Waals surface area contributed by atoms with E-state index in [0.29, 0.717) is 0 Å². The summed E-state index contributed by atoms with van der Waals surface area (Å²) in [5.74, 6) is -0.0567. The molecule has 0 aliphatic heterocycles. The zero-order chi connectivity index (χ0) is 15.2. The Morgan fingerprint density at radius 1 is 1.33 bits per heavy atom. The molecule has 1 heterocycles. The fraction of sp³-hybridized carbons (Fsp3) is 0.294. The third-order valence-electron chi connectivity index (χ3n) is 3.45. The molecule has 0 spiro atoms. The zero-order valence-electron chi connectivity index (χ0n) is 12.7. The van der Waals surface area contributed by atoms with Crippen molar-refractivity contribution in [2.75, 3.05) is 5.32 Å². The van der Waals surface area contributed by atoms with Gasteiger partial charge in [0.2, 0.25) is 5.91 Å². The fourth-order valence-electron chi connectivity index (χ4n) is 2.15. The molecule has 1 aromatic carbocycles. The summed E-state index contributed by atoms with van der Waals surface area (Å²) in [6.45, 7) is 6.48. The summed E-state index contributed by atoms with van der Waals surface area (Å²) < 4.78 is 0. The van der Waals surface area contributed by atoms with Crippen molar-refractivity contribution in [1.82, 2.24) is 10.3 Å². The molecule has 2 aromatic rings. The van der Waals surface area contributed by atoms with Crippen molar-refractivity contribution in [2.45, 2.75) is 33.4 Å². The number of carbonyl (C=O) groups excluding carboxylic acids is 1. The molecule has 21 heavy (non-hydrogen) atoms. The molecular formula is C17H21N3O. The van der Waals surface area contributed by atoms with Crippen LogP contribution in [0.25, 0.3) is 0 Å². The van der Waals surface area contributed by atoms with Crippen LogP contribution in [0.1, 0.15) is 36.6 Å². The summed E-state index contributed by atoms with van der Waals surface area (Å²) in [7, 11) is 0. The second-order valence-corrected chi connectivity index (χ2v) is 5.21. The lowest BCUT2D eigenvalue weighted by molar-refractivity contribution is -0.114.